The maximum absolute atomic E-state index is 12.0. The zero-order valence-electron chi connectivity index (χ0n) is 15.6. The van der Waals surface area contributed by atoms with Crippen LogP contribution in [0.1, 0.15) is 20.3 Å². The number of amides is 1. The van der Waals surface area contributed by atoms with Crippen LogP contribution in [0, 0.1) is 0 Å². The van der Waals surface area contributed by atoms with Crippen molar-refractivity contribution in [2.75, 3.05) is 69.2 Å². The predicted octanol–water partition coefficient (Wildman–Crippen LogP) is 1.78. The number of hydrogen-bond donors (Lipinski definition) is 2. The van der Waals surface area contributed by atoms with Gasteiger partial charge in [0.25, 0.3) is 0 Å². The van der Waals surface area contributed by atoms with E-state index in [-0.39, 0.29) is 5.91 Å². The van der Waals surface area contributed by atoms with Crippen molar-refractivity contribution in [2.24, 2.45) is 0 Å². The molecule has 0 aliphatic carbocycles. The van der Waals surface area contributed by atoms with Crippen LogP contribution in [0.2, 0.25) is 0 Å². The molecule has 0 radical (unpaired) electrons. The average Bonchev–Trinajstić information content (AvgIpc) is 2.65. The van der Waals surface area contributed by atoms with Gasteiger partial charge in [-0.15, -0.1) is 0 Å². The second kappa shape index (κ2) is 11.1. The summed E-state index contributed by atoms with van der Waals surface area (Å²) < 4.78 is 5.33. The number of carbonyl (C=O) groups is 1. The first-order valence-electron chi connectivity index (χ1n) is 9.38. The van der Waals surface area contributed by atoms with Crippen LogP contribution in [0.5, 0.6) is 0 Å². The average molecular weight is 348 g/mol. The third-order valence-corrected chi connectivity index (χ3v) is 4.52. The molecule has 6 heteroatoms. The summed E-state index contributed by atoms with van der Waals surface area (Å²) in [6.07, 6.45) is 0.487. The van der Waals surface area contributed by atoms with E-state index in [1.54, 1.807) is 0 Å². The van der Waals surface area contributed by atoms with E-state index in [1.807, 2.05) is 12.1 Å². The van der Waals surface area contributed by atoms with Gasteiger partial charge < -0.3 is 20.3 Å². The number of rotatable bonds is 10. The highest BCUT2D eigenvalue weighted by molar-refractivity contribution is 5.91. The van der Waals surface area contributed by atoms with Gasteiger partial charge in [0.2, 0.25) is 5.91 Å². The Hall–Kier alpha value is -1.63. The van der Waals surface area contributed by atoms with E-state index >= 15 is 0 Å². The molecule has 0 atom stereocenters. The topological polar surface area (TPSA) is 56.8 Å². The lowest BCUT2D eigenvalue weighted by atomic mass is 10.2. The second-order valence-corrected chi connectivity index (χ2v) is 6.22. The van der Waals surface area contributed by atoms with Crippen LogP contribution in [-0.4, -0.2) is 69.8 Å². The van der Waals surface area contributed by atoms with Gasteiger partial charge in [0.1, 0.15) is 0 Å². The van der Waals surface area contributed by atoms with Gasteiger partial charge in [0.05, 0.1) is 13.2 Å². The molecule has 1 aliphatic rings. The number of carbonyl (C=O) groups excluding carboxylic acids is 1. The maximum atomic E-state index is 12.0. The molecule has 1 aromatic rings. The number of ether oxygens (including phenoxy) is 1. The first-order valence-corrected chi connectivity index (χ1v) is 9.38. The zero-order valence-corrected chi connectivity index (χ0v) is 15.6. The van der Waals surface area contributed by atoms with Crippen LogP contribution in [0.25, 0.3) is 0 Å². The molecule has 0 unspecified atom stereocenters. The maximum Gasteiger partial charge on any atom is 0.225 e. The molecule has 140 valence electrons. The highest BCUT2D eigenvalue weighted by Gasteiger charge is 2.09. The Kier molecular flexibility index (Phi) is 8.72. The summed E-state index contributed by atoms with van der Waals surface area (Å²) >= 11 is 0. The second-order valence-electron chi connectivity index (χ2n) is 6.22. The number of hydrogen-bond acceptors (Lipinski definition) is 5. The third-order valence-electron chi connectivity index (χ3n) is 4.52. The molecule has 0 spiro atoms. The SMILES string of the molecule is CCN(CC)c1ccc(NC(=O)CCNCCN2CCOCC2)cc1. The fourth-order valence-electron chi connectivity index (χ4n) is 2.96. The number of nitrogens with zero attached hydrogens (tertiary/aromatic N) is 2. The summed E-state index contributed by atoms with van der Waals surface area (Å²) in [5, 5.41) is 6.30. The Morgan fingerprint density at radius 2 is 1.80 bits per heavy atom. The minimum absolute atomic E-state index is 0.0504. The fraction of sp³-hybridized carbons (Fsp3) is 0.632. The van der Waals surface area contributed by atoms with E-state index < -0.39 is 0 Å². The fourth-order valence-corrected chi connectivity index (χ4v) is 2.96. The minimum Gasteiger partial charge on any atom is -0.379 e. The van der Waals surface area contributed by atoms with Crippen LogP contribution in [0.4, 0.5) is 11.4 Å². The Labute approximate surface area is 151 Å². The summed E-state index contributed by atoms with van der Waals surface area (Å²) in [5.74, 6) is 0.0504. The van der Waals surface area contributed by atoms with Crippen molar-refractivity contribution in [3.8, 4) is 0 Å². The normalized spacial score (nSPS) is 15.1. The Morgan fingerprint density at radius 3 is 2.44 bits per heavy atom. The Balaban J connectivity index is 1.61. The van der Waals surface area contributed by atoms with Crippen LogP contribution >= 0.6 is 0 Å². The number of benzene rings is 1. The van der Waals surface area contributed by atoms with E-state index in [0.717, 1.165) is 58.2 Å². The lowest BCUT2D eigenvalue weighted by molar-refractivity contribution is -0.116. The molecule has 0 bridgehead atoms. The summed E-state index contributed by atoms with van der Waals surface area (Å²) in [4.78, 5) is 16.7. The van der Waals surface area contributed by atoms with Crippen molar-refractivity contribution in [1.29, 1.82) is 0 Å². The first-order chi connectivity index (χ1) is 12.2. The standard InChI is InChI=1S/C19H32N4O2/c1-3-23(4-2)18-7-5-17(6-8-18)21-19(24)9-10-20-11-12-22-13-15-25-16-14-22/h5-8,20H,3-4,9-16H2,1-2H3,(H,21,24). The van der Waals surface area contributed by atoms with Crippen molar-refractivity contribution < 1.29 is 9.53 Å². The highest BCUT2D eigenvalue weighted by atomic mass is 16.5. The lowest BCUT2D eigenvalue weighted by Crippen LogP contribution is -2.40. The molecule has 0 saturated carbocycles. The van der Waals surface area contributed by atoms with Crippen LogP contribution in [-0.2, 0) is 9.53 Å². The molecule has 1 saturated heterocycles. The molecule has 1 aromatic carbocycles. The molecule has 1 amide bonds. The molecular formula is C19H32N4O2. The first kappa shape index (κ1) is 19.7. The molecule has 1 aliphatic heterocycles. The van der Waals surface area contributed by atoms with Crippen LogP contribution < -0.4 is 15.5 Å². The quantitative estimate of drug-likeness (QED) is 0.631. The van der Waals surface area contributed by atoms with E-state index in [0.29, 0.717) is 13.0 Å². The molecular weight excluding hydrogens is 316 g/mol. The van der Waals surface area contributed by atoms with Gasteiger partial charge in [0.15, 0.2) is 0 Å². The van der Waals surface area contributed by atoms with Crippen LogP contribution in [0.3, 0.4) is 0 Å². The van der Waals surface area contributed by atoms with Gasteiger partial charge in [-0.3, -0.25) is 9.69 Å². The summed E-state index contributed by atoms with van der Waals surface area (Å²) in [7, 11) is 0. The highest BCUT2D eigenvalue weighted by Crippen LogP contribution is 2.17. The lowest BCUT2D eigenvalue weighted by Gasteiger charge is -2.26. The van der Waals surface area contributed by atoms with Gasteiger partial charge in [0, 0.05) is 63.6 Å². The van der Waals surface area contributed by atoms with Crippen molar-refractivity contribution in [3.63, 3.8) is 0 Å². The molecule has 2 N–H and O–H groups in total. The van der Waals surface area contributed by atoms with E-state index in [4.69, 9.17) is 4.74 Å². The van der Waals surface area contributed by atoms with Crippen molar-refractivity contribution in [2.45, 2.75) is 20.3 Å². The summed E-state index contributed by atoms with van der Waals surface area (Å²) in [6, 6.07) is 8.06. The van der Waals surface area contributed by atoms with Crippen molar-refractivity contribution in [1.82, 2.24) is 10.2 Å². The number of morpholine rings is 1. The number of nitrogens with one attached hydrogen (secondary N) is 2. The molecule has 2 rings (SSSR count). The van der Waals surface area contributed by atoms with Crippen molar-refractivity contribution >= 4 is 17.3 Å². The van der Waals surface area contributed by atoms with Gasteiger partial charge >= 0.3 is 0 Å². The van der Waals surface area contributed by atoms with Gasteiger partial charge in [-0.1, -0.05) is 0 Å². The molecule has 6 nitrogen and oxygen atoms in total. The minimum atomic E-state index is 0.0504. The largest absolute Gasteiger partial charge is 0.379 e. The van der Waals surface area contributed by atoms with Crippen molar-refractivity contribution in [3.05, 3.63) is 24.3 Å². The smallest absolute Gasteiger partial charge is 0.225 e. The van der Waals surface area contributed by atoms with Gasteiger partial charge in [-0.25, -0.2) is 0 Å². The van der Waals surface area contributed by atoms with Gasteiger partial charge in [-0.05, 0) is 38.1 Å². The van der Waals surface area contributed by atoms with E-state index in [2.05, 4.69) is 46.4 Å². The van der Waals surface area contributed by atoms with Crippen LogP contribution in [0.15, 0.2) is 24.3 Å². The molecule has 1 fully saturated rings. The zero-order chi connectivity index (χ0) is 17.9. The third kappa shape index (κ3) is 7.02. The monoisotopic (exact) mass is 348 g/mol. The Bertz CT molecular complexity index is 497. The Morgan fingerprint density at radius 1 is 1.12 bits per heavy atom. The molecule has 1 heterocycles. The predicted molar refractivity (Wildman–Crippen MR) is 103 cm³/mol. The summed E-state index contributed by atoms with van der Waals surface area (Å²) in [6.45, 7) is 12.5. The van der Waals surface area contributed by atoms with Gasteiger partial charge in [-0.2, -0.15) is 0 Å². The number of anilines is 2. The van der Waals surface area contributed by atoms with E-state index in [1.165, 1.54) is 5.69 Å². The summed E-state index contributed by atoms with van der Waals surface area (Å²) in [5.41, 5.74) is 2.04. The molecule has 25 heavy (non-hydrogen) atoms. The molecule has 0 aromatic heterocycles. The van der Waals surface area contributed by atoms with E-state index in [9.17, 15) is 4.79 Å².